The predicted molar refractivity (Wildman–Crippen MR) is 110 cm³/mol. The van der Waals surface area contributed by atoms with Gasteiger partial charge in [0.15, 0.2) is 0 Å². The summed E-state index contributed by atoms with van der Waals surface area (Å²) in [4.78, 5) is 28.8. The number of nitrogens with zero attached hydrogens (tertiary/aromatic N) is 5. The van der Waals surface area contributed by atoms with E-state index in [2.05, 4.69) is 37.1 Å². The van der Waals surface area contributed by atoms with Crippen molar-refractivity contribution in [1.29, 1.82) is 0 Å². The molecule has 0 aliphatic carbocycles. The third kappa shape index (κ3) is 5.15. The van der Waals surface area contributed by atoms with Crippen LogP contribution in [0, 0.1) is 0 Å². The van der Waals surface area contributed by atoms with E-state index in [1.807, 2.05) is 0 Å². The lowest BCUT2D eigenvalue weighted by Crippen LogP contribution is -2.47. The summed E-state index contributed by atoms with van der Waals surface area (Å²) in [6.07, 6.45) is 0.743. The van der Waals surface area contributed by atoms with E-state index in [0.717, 1.165) is 38.4 Å². The van der Waals surface area contributed by atoms with Crippen molar-refractivity contribution < 1.29 is 18.0 Å². The number of halogens is 3. The van der Waals surface area contributed by atoms with Gasteiger partial charge in [-0.2, -0.15) is 13.2 Å². The minimum Gasteiger partial charge on any atom is -0.310 e. The molecule has 0 radical (unpaired) electrons. The zero-order valence-corrected chi connectivity index (χ0v) is 16.9. The van der Waals surface area contributed by atoms with E-state index in [0.29, 0.717) is 22.3 Å². The van der Waals surface area contributed by atoms with Gasteiger partial charge in [0, 0.05) is 61.9 Å². The fourth-order valence-corrected chi connectivity index (χ4v) is 3.39. The molecule has 1 N–H and O–H groups in total. The van der Waals surface area contributed by atoms with Crippen LogP contribution in [-0.2, 0) is 11.0 Å². The minimum absolute atomic E-state index is 0.159. The number of pyridine rings is 3. The fourth-order valence-electron chi connectivity index (χ4n) is 3.39. The second kappa shape index (κ2) is 8.56. The van der Waals surface area contributed by atoms with Crippen LogP contribution in [0.15, 0.2) is 43.0 Å². The molecular weight excluding hydrogens is 409 g/mol. The van der Waals surface area contributed by atoms with E-state index in [-0.39, 0.29) is 18.0 Å². The maximum atomic E-state index is 13.0. The van der Waals surface area contributed by atoms with Crippen molar-refractivity contribution in [3.05, 3.63) is 48.5 Å². The van der Waals surface area contributed by atoms with Crippen LogP contribution in [0.5, 0.6) is 0 Å². The highest BCUT2D eigenvalue weighted by Crippen LogP contribution is 2.31. The zero-order valence-electron chi connectivity index (χ0n) is 16.9. The lowest BCUT2D eigenvalue weighted by Gasteiger charge is -2.31. The molecule has 0 saturated carbocycles. The largest absolute Gasteiger partial charge is 0.417 e. The number of amides is 1. The molecule has 0 atom stereocenters. The van der Waals surface area contributed by atoms with Gasteiger partial charge in [0.25, 0.3) is 0 Å². The smallest absolute Gasteiger partial charge is 0.310 e. The number of anilines is 1. The van der Waals surface area contributed by atoms with Crippen molar-refractivity contribution in [2.75, 3.05) is 45.1 Å². The second-order valence-corrected chi connectivity index (χ2v) is 7.57. The van der Waals surface area contributed by atoms with Crippen LogP contribution in [0.4, 0.5) is 19.0 Å². The van der Waals surface area contributed by atoms with Crippen molar-refractivity contribution >= 4 is 22.5 Å². The van der Waals surface area contributed by atoms with E-state index in [1.165, 1.54) is 12.4 Å². The maximum Gasteiger partial charge on any atom is 0.417 e. The first kappa shape index (κ1) is 21.1. The first-order valence-electron chi connectivity index (χ1n) is 9.77. The number of carbonyl (C=O) groups excluding carboxylic acids is 1. The summed E-state index contributed by atoms with van der Waals surface area (Å²) in [6.45, 7) is 3.78. The summed E-state index contributed by atoms with van der Waals surface area (Å²) in [5.41, 5.74) is -0.223. The molecular formula is C21H21F3N6O. The standard InChI is InChI=1S/C21H21F3N6O/c1-29-2-4-30(5-3-29)13-20(31)28-19-8-14-7-18(26-10-16(14)11-27-19)15-6-17(12-25-9-15)21(22,23)24/h6-12H,2-5,13H2,1H3,(H,27,28,31). The number of alkyl halides is 3. The Bertz CT molecular complexity index is 1100. The lowest BCUT2D eigenvalue weighted by atomic mass is 10.1. The molecule has 4 heterocycles. The van der Waals surface area contributed by atoms with Gasteiger partial charge in [-0.1, -0.05) is 0 Å². The van der Waals surface area contributed by atoms with Gasteiger partial charge in [-0.25, -0.2) is 4.98 Å². The maximum absolute atomic E-state index is 13.0. The zero-order chi connectivity index (χ0) is 22.0. The minimum atomic E-state index is -4.48. The highest BCUT2D eigenvalue weighted by atomic mass is 19.4. The molecule has 0 unspecified atom stereocenters. The third-order valence-corrected chi connectivity index (χ3v) is 5.20. The van der Waals surface area contributed by atoms with Gasteiger partial charge in [-0.3, -0.25) is 19.7 Å². The first-order chi connectivity index (χ1) is 14.8. The van der Waals surface area contributed by atoms with Gasteiger partial charge in [0.1, 0.15) is 5.82 Å². The predicted octanol–water partition coefficient (Wildman–Crippen LogP) is 2.90. The van der Waals surface area contributed by atoms with E-state index in [4.69, 9.17) is 0 Å². The van der Waals surface area contributed by atoms with Crippen LogP contribution in [0.1, 0.15) is 5.56 Å². The summed E-state index contributed by atoms with van der Waals surface area (Å²) in [6, 6.07) is 4.36. The molecule has 0 spiro atoms. The molecule has 7 nitrogen and oxygen atoms in total. The molecule has 3 aromatic rings. The van der Waals surface area contributed by atoms with Crippen LogP contribution < -0.4 is 5.32 Å². The van der Waals surface area contributed by atoms with Gasteiger partial charge >= 0.3 is 6.18 Å². The number of piperazine rings is 1. The highest BCUT2D eigenvalue weighted by Gasteiger charge is 2.31. The van der Waals surface area contributed by atoms with E-state index in [1.54, 1.807) is 18.3 Å². The molecule has 0 bridgehead atoms. The van der Waals surface area contributed by atoms with Gasteiger partial charge < -0.3 is 10.2 Å². The molecule has 3 aromatic heterocycles. The topological polar surface area (TPSA) is 74.2 Å². The average Bonchev–Trinajstić information content (AvgIpc) is 2.74. The normalized spacial score (nSPS) is 15.9. The number of nitrogens with one attached hydrogen (secondary N) is 1. The number of hydrogen-bond donors (Lipinski definition) is 1. The van der Waals surface area contributed by atoms with Crippen LogP contribution >= 0.6 is 0 Å². The number of hydrogen-bond acceptors (Lipinski definition) is 6. The molecule has 0 aromatic carbocycles. The third-order valence-electron chi connectivity index (χ3n) is 5.20. The molecule has 10 heteroatoms. The Labute approximate surface area is 176 Å². The SMILES string of the molecule is CN1CCN(CC(=O)Nc2cc3cc(-c4cncc(C(F)(F)F)c4)ncc3cn2)CC1. The summed E-state index contributed by atoms with van der Waals surface area (Å²) >= 11 is 0. The van der Waals surface area contributed by atoms with Gasteiger partial charge in [-0.05, 0) is 30.6 Å². The van der Waals surface area contributed by atoms with Crippen LogP contribution in [0.25, 0.3) is 22.0 Å². The van der Waals surface area contributed by atoms with Crippen molar-refractivity contribution in [3.8, 4) is 11.3 Å². The Hall–Kier alpha value is -3.11. The number of fused-ring (bicyclic) bond motifs is 1. The van der Waals surface area contributed by atoms with Gasteiger partial charge in [-0.15, -0.1) is 0 Å². The Morgan fingerprint density at radius 3 is 2.48 bits per heavy atom. The van der Waals surface area contributed by atoms with Crippen LogP contribution in [0.3, 0.4) is 0 Å². The van der Waals surface area contributed by atoms with Crippen molar-refractivity contribution in [3.63, 3.8) is 0 Å². The summed E-state index contributed by atoms with van der Waals surface area (Å²) in [5.74, 6) is 0.221. The molecule has 31 heavy (non-hydrogen) atoms. The summed E-state index contributed by atoms with van der Waals surface area (Å²) in [5, 5.41) is 4.20. The summed E-state index contributed by atoms with van der Waals surface area (Å²) in [7, 11) is 2.05. The number of likely N-dealkylation sites (N-methyl/N-ethyl adjacent to an activating group) is 1. The Morgan fingerprint density at radius 1 is 1.00 bits per heavy atom. The molecule has 1 amide bonds. The Kier molecular flexibility index (Phi) is 5.84. The monoisotopic (exact) mass is 430 g/mol. The first-order valence-corrected chi connectivity index (χ1v) is 9.77. The van der Waals surface area contributed by atoms with Crippen molar-refractivity contribution in [1.82, 2.24) is 24.8 Å². The molecule has 1 saturated heterocycles. The van der Waals surface area contributed by atoms with E-state index < -0.39 is 11.7 Å². The Morgan fingerprint density at radius 2 is 1.74 bits per heavy atom. The molecule has 1 aliphatic rings. The van der Waals surface area contributed by atoms with Crippen LogP contribution in [0.2, 0.25) is 0 Å². The number of carbonyl (C=O) groups is 1. The molecule has 162 valence electrons. The fraction of sp³-hybridized carbons (Fsp3) is 0.333. The average molecular weight is 430 g/mol. The molecule has 1 fully saturated rings. The van der Waals surface area contributed by atoms with Crippen molar-refractivity contribution in [2.45, 2.75) is 6.18 Å². The number of aromatic nitrogens is 3. The quantitative estimate of drug-likeness (QED) is 0.686. The van der Waals surface area contributed by atoms with E-state index in [9.17, 15) is 18.0 Å². The van der Waals surface area contributed by atoms with Gasteiger partial charge in [0.2, 0.25) is 5.91 Å². The Balaban J connectivity index is 1.52. The van der Waals surface area contributed by atoms with Crippen LogP contribution in [-0.4, -0.2) is 70.4 Å². The molecule has 1 aliphatic heterocycles. The molecule has 4 rings (SSSR count). The number of rotatable bonds is 4. The van der Waals surface area contributed by atoms with Gasteiger partial charge in [0.05, 0.1) is 17.8 Å². The van der Waals surface area contributed by atoms with E-state index >= 15 is 0 Å². The highest BCUT2D eigenvalue weighted by molar-refractivity contribution is 5.94. The summed E-state index contributed by atoms with van der Waals surface area (Å²) < 4.78 is 39.0. The van der Waals surface area contributed by atoms with Crippen molar-refractivity contribution in [2.24, 2.45) is 0 Å². The second-order valence-electron chi connectivity index (χ2n) is 7.57. The lowest BCUT2D eigenvalue weighted by molar-refractivity contribution is -0.137.